The summed E-state index contributed by atoms with van der Waals surface area (Å²) in [5.74, 6) is 0.0483. The number of likely N-dealkylation sites (tertiary alicyclic amines) is 1. The predicted octanol–water partition coefficient (Wildman–Crippen LogP) is 1.16. The van der Waals surface area contributed by atoms with E-state index in [1.807, 2.05) is 29.2 Å². The number of nitrogens with one attached hydrogen (secondary N) is 2. The lowest BCUT2D eigenvalue weighted by atomic mass is 10.1. The van der Waals surface area contributed by atoms with Gasteiger partial charge in [0.05, 0.1) is 13.2 Å². The molecule has 1 aromatic rings. The summed E-state index contributed by atoms with van der Waals surface area (Å²) in [6.07, 6.45) is 3.39. The van der Waals surface area contributed by atoms with Crippen molar-refractivity contribution in [3.8, 4) is 0 Å². The molecule has 1 aromatic carbocycles. The Labute approximate surface area is 143 Å². The van der Waals surface area contributed by atoms with E-state index in [1.54, 1.807) is 7.11 Å². The Morgan fingerprint density at radius 1 is 1.12 bits per heavy atom. The highest BCUT2D eigenvalue weighted by atomic mass is 16.5. The standard InChI is InChI=1S/C18H27N3O3/c1-24-12-9-19-14-17(22)20-13-15-5-7-16(8-6-15)18(23)21-10-3-2-4-11-21/h5-8,19H,2-4,9-14H2,1H3,(H,20,22). The number of hydrogen-bond donors (Lipinski definition) is 2. The highest BCUT2D eigenvalue weighted by molar-refractivity contribution is 5.94. The Morgan fingerprint density at radius 2 is 1.83 bits per heavy atom. The van der Waals surface area contributed by atoms with Gasteiger partial charge in [-0.3, -0.25) is 9.59 Å². The molecule has 24 heavy (non-hydrogen) atoms. The van der Waals surface area contributed by atoms with Crippen molar-refractivity contribution in [2.45, 2.75) is 25.8 Å². The van der Waals surface area contributed by atoms with Gasteiger partial charge in [0, 0.05) is 38.9 Å². The van der Waals surface area contributed by atoms with Crippen LogP contribution in [0.15, 0.2) is 24.3 Å². The molecule has 6 heteroatoms. The van der Waals surface area contributed by atoms with E-state index < -0.39 is 0 Å². The van der Waals surface area contributed by atoms with Crippen molar-refractivity contribution in [1.29, 1.82) is 0 Å². The van der Waals surface area contributed by atoms with Gasteiger partial charge in [0.25, 0.3) is 5.91 Å². The third-order valence-electron chi connectivity index (χ3n) is 4.10. The van der Waals surface area contributed by atoms with Crippen LogP contribution in [-0.2, 0) is 16.1 Å². The van der Waals surface area contributed by atoms with Crippen LogP contribution >= 0.6 is 0 Å². The van der Waals surface area contributed by atoms with Crippen LogP contribution in [0.5, 0.6) is 0 Å². The number of piperidine rings is 1. The molecule has 2 amide bonds. The highest BCUT2D eigenvalue weighted by Crippen LogP contribution is 2.13. The van der Waals surface area contributed by atoms with Crippen molar-refractivity contribution in [1.82, 2.24) is 15.5 Å². The van der Waals surface area contributed by atoms with Crippen LogP contribution in [0.3, 0.4) is 0 Å². The van der Waals surface area contributed by atoms with Crippen molar-refractivity contribution in [2.24, 2.45) is 0 Å². The maximum absolute atomic E-state index is 12.4. The first-order valence-corrected chi connectivity index (χ1v) is 8.55. The Hall–Kier alpha value is -1.92. The number of nitrogens with zero attached hydrogens (tertiary/aromatic N) is 1. The first-order valence-electron chi connectivity index (χ1n) is 8.55. The van der Waals surface area contributed by atoms with E-state index in [0.29, 0.717) is 25.3 Å². The lowest BCUT2D eigenvalue weighted by Crippen LogP contribution is -2.35. The molecule has 1 heterocycles. The summed E-state index contributed by atoms with van der Waals surface area (Å²) >= 11 is 0. The topological polar surface area (TPSA) is 70.7 Å². The van der Waals surface area contributed by atoms with Gasteiger partial charge in [-0.25, -0.2) is 0 Å². The Bertz CT molecular complexity index is 525. The Morgan fingerprint density at radius 3 is 2.50 bits per heavy atom. The molecule has 0 saturated carbocycles. The second-order valence-electron chi connectivity index (χ2n) is 6.00. The fourth-order valence-corrected chi connectivity index (χ4v) is 2.68. The van der Waals surface area contributed by atoms with E-state index in [0.717, 1.165) is 31.5 Å². The summed E-state index contributed by atoms with van der Waals surface area (Å²) in [6.45, 7) is 3.67. The molecular formula is C18H27N3O3. The third kappa shape index (κ3) is 5.94. The molecule has 0 aliphatic carbocycles. The fourth-order valence-electron chi connectivity index (χ4n) is 2.68. The smallest absolute Gasteiger partial charge is 0.253 e. The van der Waals surface area contributed by atoms with E-state index in [2.05, 4.69) is 10.6 Å². The van der Waals surface area contributed by atoms with Crippen molar-refractivity contribution < 1.29 is 14.3 Å². The van der Waals surface area contributed by atoms with Gasteiger partial charge in [0.15, 0.2) is 0 Å². The zero-order valence-corrected chi connectivity index (χ0v) is 14.3. The molecular weight excluding hydrogens is 306 g/mol. The highest BCUT2D eigenvalue weighted by Gasteiger charge is 2.17. The summed E-state index contributed by atoms with van der Waals surface area (Å²) in [6, 6.07) is 7.48. The maximum atomic E-state index is 12.4. The molecule has 2 N–H and O–H groups in total. The Kier molecular flexibility index (Phi) is 7.71. The molecule has 1 saturated heterocycles. The van der Waals surface area contributed by atoms with Crippen LogP contribution in [0.1, 0.15) is 35.2 Å². The number of ether oxygens (including phenoxy) is 1. The number of carbonyl (C=O) groups excluding carboxylic acids is 2. The molecule has 0 spiro atoms. The average Bonchev–Trinajstić information content (AvgIpc) is 2.64. The second-order valence-corrected chi connectivity index (χ2v) is 6.00. The molecule has 0 aromatic heterocycles. The van der Waals surface area contributed by atoms with E-state index in [9.17, 15) is 9.59 Å². The van der Waals surface area contributed by atoms with Crippen LogP contribution in [-0.4, -0.2) is 56.6 Å². The normalized spacial score (nSPS) is 14.5. The number of hydrogen-bond acceptors (Lipinski definition) is 4. The molecule has 6 nitrogen and oxygen atoms in total. The molecule has 0 unspecified atom stereocenters. The minimum absolute atomic E-state index is 0.0560. The summed E-state index contributed by atoms with van der Waals surface area (Å²) < 4.78 is 4.90. The van der Waals surface area contributed by atoms with Gasteiger partial charge in [0.2, 0.25) is 5.91 Å². The zero-order chi connectivity index (χ0) is 17.2. The van der Waals surface area contributed by atoms with E-state index in [1.165, 1.54) is 6.42 Å². The molecule has 1 fully saturated rings. The summed E-state index contributed by atoms with van der Waals surface area (Å²) in [5, 5.41) is 5.85. The van der Waals surface area contributed by atoms with Crippen molar-refractivity contribution in [3.05, 3.63) is 35.4 Å². The Balaban J connectivity index is 1.75. The zero-order valence-electron chi connectivity index (χ0n) is 14.3. The van der Waals surface area contributed by atoms with Crippen molar-refractivity contribution in [3.63, 3.8) is 0 Å². The van der Waals surface area contributed by atoms with Gasteiger partial charge in [-0.2, -0.15) is 0 Å². The van der Waals surface area contributed by atoms with Crippen LogP contribution in [0.2, 0.25) is 0 Å². The third-order valence-corrected chi connectivity index (χ3v) is 4.10. The van der Waals surface area contributed by atoms with Gasteiger partial charge in [-0.05, 0) is 37.0 Å². The molecule has 0 bridgehead atoms. The molecule has 1 aliphatic heterocycles. The fraction of sp³-hybridized carbons (Fsp3) is 0.556. The maximum Gasteiger partial charge on any atom is 0.253 e. The lowest BCUT2D eigenvalue weighted by Gasteiger charge is -2.26. The molecule has 0 atom stereocenters. The minimum Gasteiger partial charge on any atom is -0.383 e. The number of amides is 2. The first-order chi connectivity index (χ1) is 11.7. The number of carbonyl (C=O) groups is 2. The van der Waals surface area contributed by atoms with Crippen LogP contribution < -0.4 is 10.6 Å². The largest absolute Gasteiger partial charge is 0.383 e. The lowest BCUT2D eigenvalue weighted by molar-refractivity contribution is -0.120. The summed E-state index contributed by atoms with van der Waals surface area (Å²) in [7, 11) is 1.63. The average molecular weight is 333 g/mol. The van der Waals surface area contributed by atoms with Gasteiger partial charge in [-0.1, -0.05) is 12.1 Å². The van der Waals surface area contributed by atoms with E-state index in [4.69, 9.17) is 4.74 Å². The van der Waals surface area contributed by atoms with Crippen molar-refractivity contribution >= 4 is 11.8 Å². The predicted molar refractivity (Wildman–Crippen MR) is 92.8 cm³/mol. The molecule has 132 valence electrons. The quantitative estimate of drug-likeness (QED) is 0.701. The van der Waals surface area contributed by atoms with Gasteiger partial charge >= 0.3 is 0 Å². The van der Waals surface area contributed by atoms with E-state index >= 15 is 0 Å². The van der Waals surface area contributed by atoms with Gasteiger partial charge < -0.3 is 20.3 Å². The summed E-state index contributed by atoms with van der Waals surface area (Å²) in [4.78, 5) is 26.0. The van der Waals surface area contributed by atoms with Crippen LogP contribution in [0.25, 0.3) is 0 Å². The monoisotopic (exact) mass is 333 g/mol. The molecule has 1 aliphatic rings. The molecule has 2 rings (SSSR count). The SMILES string of the molecule is COCCNCC(=O)NCc1ccc(C(=O)N2CCCCC2)cc1. The van der Waals surface area contributed by atoms with Crippen LogP contribution in [0, 0.1) is 0 Å². The molecule has 0 radical (unpaired) electrons. The first kappa shape index (κ1) is 18.4. The number of rotatable bonds is 8. The van der Waals surface area contributed by atoms with Gasteiger partial charge in [0.1, 0.15) is 0 Å². The van der Waals surface area contributed by atoms with Crippen LogP contribution in [0.4, 0.5) is 0 Å². The van der Waals surface area contributed by atoms with Gasteiger partial charge in [-0.15, -0.1) is 0 Å². The minimum atomic E-state index is -0.0560. The summed E-state index contributed by atoms with van der Waals surface area (Å²) in [5.41, 5.74) is 1.70. The number of benzene rings is 1. The van der Waals surface area contributed by atoms with Crippen molar-refractivity contribution in [2.75, 3.05) is 39.9 Å². The number of methoxy groups -OCH3 is 1. The second kappa shape index (κ2) is 10.1. The van der Waals surface area contributed by atoms with E-state index in [-0.39, 0.29) is 18.4 Å².